The van der Waals surface area contributed by atoms with Crippen molar-refractivity contribution in [3.8, 4) is 0 Å². The van der Waals surface area contributed by atoms with Crippen LogP contribution in [0.1, 0.15) is 5.56 Å². The predicted molar refractivity (Wildman–Crippen MR) is 81.9 cm³/mol. The van der Waals surface area contributed by atoms with Gasteiger partial charge < -0.3 is 5.32 Å². The van der Waals surface area contributed by atoms with Crippen LogP contribution in [0.5, 0.6) is 0 Å². The molecule has 0 aromatic heterocycles. The first-order chi connectivity index (χ1) is 10.3. The van der Waals surface area contributed by atoms with Gasteiger partial charge >= 0.3 is 0 Å². The molecular weight excluding hydrogens is 307 g/mol. The van der Waals surface area contributed by atoms with Crippen molar-refractivity contribution in [2.75, 3.05) is 5.32 Å². The minimum Gasteiger partial charge on any atom is -0.323 e. The number of carbonyl (C=O) groups is 1. The average Bonchev–Trinajstić information content (AvgIpc) is 2.45. The summed E-state index contributed by atoms with van der Waals surface area (Å²) in [6, 6.07) is 11.2. The van der Waals surface area contributed by atoms with Gasteiger partial charge in [0.15, 0.2) is 0 Å². The van der Waals surface area contributed by atoms with E-state index >= 15 is 0 Å². The van der Waals surface area contributed by atoms with Gasteiger partial charge in [-0.15, -0.1) is 0 Å². The Labute approximate surface area is 127 Å². The molecule has 0 aliphatic carbocycles. The zero-order valence-corrected chi connectivity index (χ0v) is 12.2. The summed E-state index contributed by atoms with van der Waals surface area (Å²) >= 11 is 0. The van der Waals surface area contributed by atoms with Gasteiger partial charge in [0, 0.05) is 11.8 Å². The largest absolute Gasteiger partial charge is 0.323 e. The van der Waals surface area contributed by atoms with E-state index in [9.17, 15) is 17.6 Å². The molecule has 7 heteroatoms. The smallest absolute Gasteiger partial charge is 0.248 e. The van der Waals surface area contributed by atoms with Gasteiger partial charge in [-0.2, -0.15) is 0 Å². The van der Waals surface area contributed by atoms with E-state index < -0.39 is 15.9 Å². The minimum absolute atomic E-state index is 0.0409. The molecule has 3 N–H and O–H groups in total. The number of primary sulfonamides is 1. The number of nitrogens with two attached hydrogens (primary N) is 1. The summed E-state index contributed by atoms with van der Waals surface area (Å²) in [6.45, 7) is 0. The monoisotopic (exact) mass is 320 g/mol. The Balaban J connectivity index is 2.03. The van der Waals surface area contributed by atoms with Crippen molar-refractivity contribution in [3.05, 3.63) is 66.0 Å². The Morgan fingerprint density at radius 1 is 1.14 bits per heavy atom. The zero-order chi connectivity index (χ0) is 16.2. The molecule has 5 nitrogen and oxygen atoms in total. The molecule has 2 aromatic carbocycles. The van der Waals surface area contributed by atoms with Crippen LogP contribution in [0.2, 0.25) is 0 Å². The second-order valence-electron chi connectivity index (χ2n) is 4.45. The molecule has 22 heavy (non-hydrogen) atoms. The summed E-state index contributed by atoms with van der Waals surface area (Å²) < 4.78 is 35.2. The maximum atomic E-state index is 13.0. The third-order valence-electron chi connectivity index (χ3n) is 2.73. The molecule has 0 bridgehead atoms. The highest BCUT2D eigenvalue weighted by molar-refractivity contribution is 7.89. The fourth-order valence-corrected chi connectivity index (χ4v) is 2.21. The third kappa shape index (κ3) is 4.51. The van der Waals surface area contributed by atoms with E-state index in [0.29, 0.717) is 11.3 Å². The van der Waals surface area contributed by atoms with E-state index in [4.69, 9.17) is 5.14 Å². The van der Waals surface area contributed by atoms with Gasteiger partial charge in [-0.3, -0.25) is 4.79 Å². The van der Waals surface area contributed by atoms with Crippen molar-refractivity contribution in [2.45, 2.75) is 4.90 Å². The Hall–Kier alpha value is -2.51. The number of benzene rings is 2. The number of anilines is 1. The van der Waals surface area contributed by atoms with Crippen molar-refractivity contribution in [1.29, 1.82) is 0 Å². The van der Waals surface area contributed by atoms with Crippen LogP contribution < -0.4 is 10.5 Å². The molecule has 0 unspecified atom stereocenters. The number of sulfonamides is 1. The molecule has 0 fully saturated rings. The lowest BCUT2D eigenvalue weighted by Gasteiger charge is -2.03. The number of halogens is 1. The maximum Gasteiger partial charge on any atom is 0.248 e. The van der Waals surface area contributed by atoms with Gasteiger partial charge in [-0.05, 0) is 48.0 Å². The molecule has 0 aliphatic heterocycles. The molecule has 114 valence electrons. The Morgan fingerprint density at radius 2 is 1.82 bits per heavy atom. The van der Waals surface area contributed by atoms with Crippen molar-refractivity contribution in [2.24, 2.45) is 5.14 Å². The summed E-state index contributed by atoms with van der Waals surface area (Å²) in [5.41, 5.74) is 0.973. The van der Waals surface area contributed by atoms with Crippen LogP contribution in [0.25, 0.3) is 6.08 Å². The molecular formula is C15H13FN2O3S. The maximum absolute atomic E-state index is 13.0. The van der Waals surface area contributed by atoms with Crippen LogP contribution >= 0.6 is 0 Å². The number of hydrogen-bond donors (Lipinski definition) is 2. The molecule has 0 heterocycles. The van der Waals surface area contributed by atoms with E-state index in [2.05, 4.69) is 5.32 Å². The first kappa shape index (κ1) is 15.9. The summed E-state index contributed by atoms with van der Waals surface area (Å²) in [4.78, 5) is 11.7. The average molecular weight is 320 g/mol. The molecule has 0 radical (unpaired) electrons. The van der Waals surface area contributed by atoms with Crippen molar-refractivity contribution < 1.29 is 17.6 Å². The fourth-order valence-electron chi connectivity index (χ4n) is 1.69. The van der Waals surface area contributed by atoms with Crippen LogP contribution in [0.15, 0.2) is 59.5 Å². The van der Waals surface area contributed by atoms with Gasteiger partial charge in [-0.1, -0.05) is 12.1 Å². The van der Waals surface area contributed by atoms with E-state index in [-0.39, 0.29) is 10.7 Å². The van der Waals surface area contributed by atoms with Crippen LogP contribution in [0, 0.1) is 5.82 Å². The molecule has 0 saturated carbocycles. The molecule has 2 aromatic rings. The number of amides is 1. The molecule has 0 atom stereocenters. The van der Waals surface area contributed by atoms with Crippen molar-refractivity contribution in [3.63, 3.8) is 0 Å². The van der Waals surface area contributed by atoms with Crippen molar-refractivity contribution >= 4 is 27.7 Å². The lowest BCUT2D eigenvalue weighted by molar-refractivity contribution is -0.111. The highest BCUT2D eigenvalue weighted by atomic mass is 32.2. The summed E-state index contributed by atoms with van der Waals surface area (Å²) in [5, 5.41) is 7.53. The van der Waals surface area contributed by atoms with Crippen LogP contribution in [0.4, 0.5) is 10.1 Å². The number of hydrogen-bond acceptors (Lipinski definition) is 3. The zero-order valence-electron chi connectivity index (χ0n) is 11.4. The first-order valence-corrected chi connectivity index (χ1v) is 7.77. The molecule has 1 amide bonds. The number of nitrogens with one attached hydrogen (secondary N) is 1. The Bertz CT molecular complexity index is 815. The third-order valence-corrected chi connectivity index (χ3v) is 3.66. The lowest BCUT2D eigenvalue weighted by atomic mass is 10.2. The van der Waals surface area contributed by atoms with Gasteiger partial charge in [0.1, 0.15) is 5.82 Å². The fraction of sp³-hybridized carbons (Fsp3) is 0. The van der Waals surface area contributed by atoms with E-state index in [1.54, 1.807) is 12.1 Å². The van der Waals surface area contributed by atoms with Gasteiger partial charge in [-0.25, -0.2) is 17.9 Å². The van der Waals surface area contributed by atoms with Gasteiger partial charge in [0.25, 0.3) is 0 Å². The molecule has 0 spiro atoms. The van der Waals surface area contributed by atoms with Gasteiger partial charge in [0.2, 0.25) is 15.9 Å². The second kappa shape index (κ2) is 6.50. The quantitative estimate of drug-likeness (QED) is 0.846. The number of rotatable bonds is 4. The van der Waals surface area contributed by atoms with Gasteiger partial charge in [0.05, 0.1) is 4.90 Å². The topological polar surface area (TPSA) is 89.3 Å². The number of carbonyl (C=O) groups excluding carboxylic acids is 1. The highest BCUT2D eigenvalue weighted by Crippen LogP contribution is 2.13. The summed E-state index contributed by atoms with van der Waals surface area (Å²) in [6.07, 6.45) is 2.72. The van der Waals surface area contributed by atoms with Crippen LogP contribution in [0.3, 0.4) is 0 Å². The summed E-state index contributed by atoms with van der Waals surface area (Å²) in [5.74, 6) is -0.811. The first-order valence-electron chi connectivity index (χ1n) is 6.22. The van der Waals surface area contributed by atoms with Crippen LogP contribution in [-0.2, 0) is 14.8 Å². The lowest BCUT2D eigenvalue weighted by Crippen LogP contribution is -2.12. The Kier molecular flexibility index (Phi) is 4.69. The highest BCUT2D eigenvalue weighted by Gasteiger charge is 2.07. The molecule has 2 rings (SSSR count). The van der Waals surface area contributed by atoms with E-state index in [1.807, 2.05) is 0 Å². The Morgan fingerprint density at radius 3 is 2.41 bits per heavy atom. The molecule has 0 aliphatic rings. The normalized spacial score (nSPS) is 11.5. The standard InChI is InChI=1S/C15H13FN2O3S/c16-12-3-1-2-11(10-12)4-9-15(19)18-13-5-7-14(8-6-13)22(17,20)21/h1-10H,(H,18,19)(H2,17,20,21)/b9-4+. The molecule has 0 saturated heterocycles. The SMILES string of the molecule is NS(=O)(=O)c1ccc(NC(=O)/C=C/c2cccc(F)c2)cc1. The van der Waals surface area contributed by atoms with Crippen molar-refractivity contribution in [1.82, 2.24) is 0 Å². The predicted octanol–water partition coefficient (Wildman–Crippen LogP) is 2.13. The summed E-state index contributed by atoms with van der Waals surface area (Å²) in [7, 11) is -3.76. The van der Waals surface area contributed by atoms with E-state index in [1.165, 1.54) is 48.6 Å². The second-order valence-corrected chi connectivity index (χ2v) is 6.01. The van der Waals surface area contributed by atoms with Crippen LogP contribution in [-0.4, -0.2) is 14.3 Å². The van der Waals surface area contributed by atoms with E-state index in [0.717, 1.165) is 0 Å². The minimum atomic E-state index is -3.76.